The fraction of sp³-hybridized carbons (Fsp3) is 0.600. The van der Waals surface area contributed by atoms with Gasteiger partial charge in [-0.25, -0.2) is 0 Å². The third-order valence-corrected chi connectivity index (χ3v) is 5.10. The van der Waals surface area contributed by atoms with E-state index in [0.29, 0.717) is 24.5 Å². The smallest absolute Gasteiger partial charge is 0.162 e. The Bertz CT molecular complexity index is 493. The molecule has 0 bridgehead atoms. The highest BCUT2D eigenvalue weighted by molar-refractivity contribution is 5.95. The minimum Gasteiger partial charge on any atom is -0.300 e. The van der Waals surface area contributed by atoms with Gasteiger partial charge in [0.05, 0.1) is 0 Å². The minimum absolute atomic E-state index is 0.218. The molecule has 2 heteroatoms. The minimum atomic E-state index is 0.218. The number of hydrogen-bond acceptors (Lipinski definition) is 2. The lowest BCUT2D eigenvalue weighted by molar-refractivity contribution is -0.119. The van der Waals surface area contributed by atoms with E-state index in [1.54, 1.807) is 0 Å². The van der Waals surface area contributed by atoms with Crippen LogP contribution < -0.4 is 0 Å². The molecule has 1 aliphatic carbocycles. The molecule has 1 saturated carbocycles. The molecule has 1 aliphatic rings. The van der Waals surface area contributed by atoms with Crippen LogP contribution in [0.1, 0.15) is 87.1 Å². The topological polar surface area (TPSA) is 34.1 Å². The molecule has 2 nitrogen and oxygen atoms in total. The number of carbonyl (C=O) groups excluding carboxylic acids is 2. The molecule has 1 fully saturated rings. The molecule has 0 aromatic heterocycles. The second-order valence-corrected chi connectivity index (χ2v) is 6.55. The maximum atomic E-state index is 11.7. The van der Waals surface area contributed by atoms with Gasteiger partial charge in [-0.1, -0.05) is 38.1 Å². The summed E-state index contributed by atoms with van der Waals surface area (Å²) in [6.07, 6.45) is 7.98. The normalized spacial score (nSPS) is 21.5. The zero-order valence-corrected chi connectivity index (χ0v) is 13.9. The molecule has 0 unspecified atom stereocenters. The van der Waals surface area contributed by atoms with Crippen LogP contribution in [0.4, 0.5) is 0 Å². The van der Waals surface area contributed by atoms with Crippen LogP contribution in [0.2, 0.25) is 0 Å². The van der Waals surface area contributed by atoms with E-state index < -0.39 is 0 Å². The van der Waals surface area contributed by atoms with Crippen LogP contribution in [0.25, 0.3) is 0 Å². The van der Waals surface area contributed by atoms with Crippen molar-refractivity contribution in [2.24, 2.45) is 5.92 Å². The predicted molar refractivity (Wildman–Crippen MR) is 90.3 cm³/mol. The van der Waals surface area contributed by atoms with Crippen molar-refractivity contribution in [1.82, 2.24) is 0 Å². The molecular weight excluding hydrogens is 272 g/mol. The van der Waals surface area contributed by atoms with Crippen LogP contribution in [-0.2, 0) is 4.79 Å². The van der Waals surface area contributed by atoms with Gasteiger partial charge >= 0.3 is 0 Å². The van der Waals surface area contributed by atoms with Gasteiger partial charge in [0.15, 0.2) is 5.78 Å². The van der Waals surface area contributed by atoms with Crippen LogP contribution in [0.5, 0.6) is 0 Å². The molecule has 0 aliphatic heterocycles. The summed E-state index contributed by atoms with van der Waals surface area (Å²) in [6.45, 7) is 3.85. The summed E-state index contributed by atoms with van der Waals surface area (Å²) in [7, 11) is 0. The summed E-state index contributed by atoms with van der Waals surface area (Å²) in [6, 6.07) is 8.23. The predicted octanol–water partition coefficient (Wildman–Crippen LogP) is 5.31. The van der Waals surface area contributed by atoms with Crippen LogP contribution in [-0.4, -0.2) is 11.6 Å². The number of Topliss-reactive ketones (excluding diaryl/α,β-unsaturated/α-hetero) is 2. The van der Waals surface area contributed by atoms with Crippen LogP contribution in [0.3, 0.4) is 0 Å². The number of carbonyl (C=O) groups is 2. The van der Waals surface area contributed by atoms with Gasteiger partial charge in [-0.05, 0) is 49.5 Å². The van der Waals surface area contributed by atoms with Gasteiger partial charge in [-0.15, -0.1) is 0 Å². The maximum Gasteiger partial charge on any atom is 0.162 e. The lowest BCUT2D eigenvalue weighted by atomic mass is 9.77. The second kappa shape index (κ2) is 8.26. The van der Waals surface area contributed by atoms with Gasteiger partial charge in [0.25, 0.3) is 0 Å². The Morgan fingerprint density at radius 2 is 1.59 bits per heavy atom. The summed E-state index contributed by atoms with van der Waals surface area (Å²) < 4.78 is 0. The fourth-order valence-electron chi connectivity index (χ4n) is 3.47. The van der Waals surface area contributed by atoms with Crippen LogP contribution >= 0.6 is 0 Å². The first-order valence-electron chi connectivity index (χ1n) is 8.78. The highest BCUT2D eigenvalue weighted by atomic mass is 16.1. The summed E-state index contributed by atoms with van der Waals surface area (Å²) in [5.74, 6) is 1.98. The van der Waals surface area contributed by atoms with Crippen molar-refractivity contribution in [3.8, 4) is 0 Å². The molecule has 120 valence electrons. The van der Waals surface area contributed by atoms with Crippen molar-refractivity contribution in [3.63, 3.8) is 0 Å². The van der Waals surface area contributed by atoms with E-state index in [0.717, 1.165) is 24.3 Å². The standard InChI is InChI=1S/C20H28O2/c1-3-19(21)14-7-15-5-8-16(9-6-15)17-10-12-18(13-11-17)20(22)4-2/h10-13,15-16H,3-9,14H2,1-2H3. The van der Waals surface area contributed by atoms with E-state index >= 15 is 0 Å². The van der Waals surface area contributed by atoms with Gasteiger partial charge in [0.1, 0.15) is 5.78 Å². The molecule has 0 heterocycles. The molecule has 0 radical (unpaired) electrons. The summed E-state index contributed by atoms with van der Waals surface area (Å²) >= 11 is 0. The average molecular weight is 300 g/mol. The average Bonchev–Trinajstić information content (AvgIpc) is 2.59. The Labute approximate surface area is 134 Å². The number of hydrogen-bond donors (Lipinski definition) is 0. The van der Waals surface area contributed by atoms with E-state index in [1.165, 1.54) is 31.2 Å². The quantitative estimate of drug-likeness (QED) is 0.639. The van der Waals surface area contributed by atoms with E-state index in [2.05, 4.69) is 12.1 Å². The van der Waals surface area contributed by atoms with Crippen LogP contribution in [0.15, 0.2) is 24.3 Å². The largest absolute Gasteiger partial charge is 0.300 e. The molecule has 0 saturated heterocycles. The Morgan fingerprint density at radius 3 is 2.14 bits per heavy atom. The molecule has 1 aromatic rings. The number of ketones is 2. The van der Waals surface area contributed by atoms with Crippen molar-refractivity contribution >= 4 is 11.6 Å². The lowest BCUT2D eigenvalue weighted by Gasteiger charge is -2.28. The molecule has 1 aromatic carbocycles. The highest BCUT2D eigenvalue weighted by Crippen LogP contribution is 2.37. The summed E-state index contributed by atoms with van der Waals surface area (Å²) in [4.78, 5) is 23.1. The molecule has 0 N–H and O–H groups in total. The molecule has 0 atom stereocenters. The van der Waals surface area contributed by atoms with Crippen molar-refractivity contribution in [3.05, 3.63) is 35.4 Å². The van der Waals surface area contributed by atoms with E-state index in [-0.39, 0.29) is 5.78 Å². The van der Waals surface area contributed by atoms with Gasteiger partial charge in [-0.3, -0.25) is 9.59 Å². The fourth-order valence-corrected chi connectivity index (χ4v) is 3.47. The first kappa shape index (κ1) is 16.9. The Morgan fingerprint density at radius 1 is 0.955 bits per heavy atom. The van der Waals surface area contributed by atoms with E-state index in [9.17, 15) is 9.59 Å². The highest BCUT2D eigenvalue weighted by Gasteiger charge is 2.22. The van der Waals surface area contributed by atoms with E-state index in [4.69, 9.17) is 0 Å². The van der Waals surface area contributed by atoms with Crippen LogP contribution in [0, 0.1) is 5.92 Å². The van der Waals surface area contributed by atoms with Gasteiger partial charge in [0.2, 0.25) is 0 Å². The molecule has 2 rings (SSSR count). The summed E-state index contributed by atoms with van der Waals surface area (Å²) in [5, 5.41) is 0. The van der Waals surface area contributed by atoms with Crippen molar-refractivity contribution in [2.75, 3.05) is 0 Å². The zero-order valence-electron chi connectivity index (χ0n) is 13.9. The Balaban J connectivity index is 1.83. The van der Waals surface area contributed by atoms with E-state index in [1.807, 2.05) is 26.0 Å². The monoisotopic (exact) mass is 300 g/mol. The molecule has 0 amide bonds. The maximum absolute atomic E-state index is 11.7. The Hall–Kier alpha value is -1.44. The van der Waals surface area contributed by atoms with Gasteiger partial charge in [-0.2, -0.15) is 0 Å². The first-order valence-corrected chi connectivity index (χ1v) is 8.78. The molecular formula is C20H28O2. The van der Waals surface area contributed by atoms with Crippen molar-refractivity contribution in [1.29, 1.82) is 0 Å². The SMILES string of the molecule is CCC(=O)CCC1CCC(c2ccc(C(=O)CC)cc2)CC1. The van der Waals surface area contributed by atoms with Crippen molar-refractivity contribution in [2.45, 2.75) is 71.1 Å². The molecule has 0 spiro atoms. The van der Waals surface area contributed by atoms with Gasteiger partial charge in [0, 0.05) is 24.8 Å². The van der Waals surface area contributed by atoms with Crippen molar-refractivity contribution < 1.29 is 9.59 Å². The lowest BCUT2D eigenvalue weighted by Crippen LogP contribution is -2.14. The molecule has 22 heavy (non-hydrogen) atoms. The Kier molecular flexibility index (Phi) is 6.35. The first-order chi connectivity index (χ1) is 10.6. The third-order valence-electron chi connectivity index (χ3n) is 5.10. The third kappa shape index (κ3) is 4.53. The second-order valence-electron chi connectivity index (χ2n) is 6.55. The number of benzene rings is 1. The van der Waals surface area contributed by atoms with Gasteiger partial charge < -0.3 is 0 Å². The number of rotatable bonds is 7. The summed E-state index contributed by atoms with van der Waals surface area (Å²) in [5.41, 5.74) is 2.20. The zero-order chi connectivity index (χ0) is 15.9.